The molecule has 1 aromatic heterocycles. The van der Waals surface area contributed by atoms with Gasteiger partial charge < -0.3 is 9.47 Å². The molecular weight excluding hydrogens is 390 g/mol. The molecule has 0 radical (unpaired) electrons. The molecule has 0 atom stereocenters. The first-order valence-electron chi connectivity index (χ1n) is 9.24. The van der Waals surface area contributed by atoms with Crippen molar-refractivity contribution < 1.29 is 24.0 Å². The van der Waals surface area contributed by atoms with Crippen molar-refractivity contribution in [2.75, 3.05) is 4.90 Å². The number of nitro groups is 1. The summed E-state index contributed by atoms with van der Waals surface area (Å²) in [6.45, 7) is 10.0. The summed E-state index contributed by atoms with van der Waals surface area (Å²) < 4.78 is 10.8. The van der Waals surface area contributed by atoms with Crippen molar-refractivity contribution >= 4 is 23.7 Å². The summed E-state index contributed by atoms with van der Waals surface area (Å²) in [5.74, 6) is -0.00477. The summed E-state index contributed by atoms with van der Waals surface area (Å²) in [6.07, 6.45) is -0.469. The van der Waals surface area contributed by atoms with Crippen molar-refractivity contribution in [1.29, 1.82) is 0 Å². The Kier molecular flexibility index (Phi) is 6.44. The van der Waals surface area contributed by atoms with Gasteiger partial charge in [-0.2, -0.15) is 4.90 Å². The number of benzene rings is 1. The van der Waals surface area contributed by atoms with Crippen molar-refractivity contribution in [2.45, 2.75) is 52.7 Å². The lowest BCUT2D eigenvalue weighted by molar-refractivity contribution is -0.384. The molecule has 0 aliphatic rings. The number of anilines is 1. The maximum absolute atomic E-state index is 12.9. The van der Waals surface area contributed by atoms with E-state index in [1.165, 1.54) is 30.5 Å². The molecule has 1 aromatic carbocycles. The normalized spacial score (nSPS) is 11.5. The fourth-order valence-corrected chi connectivity index (χ4v) is 2.43. The highest BCUT2D eigenvalue weighted by Gasteiger charge is 2.35. The second-order valence-corrected chi connectivity index (χ2v) is 8.47. The van der Waals surface area contributed by atoms with Crippen LogP contribution in [0.3, 0.4) is 0 Å². The maximum atomic E-state index is 12.9. The Balaban J connectivity index is 2.57. The third kappa shape index (κ3) is 6.00. The Morgan fingerprint density at radius 2 is 1.43 bits per heavy atom. The Hall–Kier alpha value is -3.49. The minimum atomic E-state index is -0.946. The lowest BCUT2D eigenvalue weighted by Crippen LogP contribution is -2.44. The molecule has 0 N–H and O–H groups in total. The van der Waals surface area contributed by atoms with Gasteiger partial charge in [0, 0.05) is 23.9 Å². The molecule has 0 saturated carbocycles. The summed E-state index contributed by atoms with van der Waals surface area (Å²) >= 11 is 0. The molecule has 30 heavy (non-hydrogen) atoms. The Labute approximate surface area is 174 Å². The van der Waals surface area contributed by atoms with Crippen LogP contribution in [0.5, 0.6) is 0 Å². The highest BCUT2D eigenvalue weighted by Crippen LogP contribution is 2.32. The molecule has 0 fully saturated rings. The van der Waals surface area contributed by atoms with Gasteiger partial charge in [0.2, 0.25) is 0 Å². The number of hydrogen-bond donors (Lipinski definition) is 0. The van der Waals surface area contributed by atoms with E-state index >= 15 is 0 Å². The Bertz CT molecular complexity index is 914. The van der Waals surface area contributed by atoms with E-state index in [2.05, 4.69) is 4.98 Å². The summed E-state index contributed by atoms with van der Waals surface area (Å²) in [6, 6.07) is 8.96. The average molecular weight is 415 g/mol. The molecule has 0 aliphatic heterocycles. The van der Waals surface area contributed by atoms with Gasteiger partial charge in [-0.15, -0.1) is 0 Å². The molecular formula is C21H25N3O6. The minimum Gasteiger partial charge on any atom is -0.443 e. The number of amides is 2. The molecule has 0 aliphatic carbocycles. The van der Waals surface area contributed by atoms with Gasteiger partial charge in [-0.25, -0.2) is 14.6 Å². The molecule has 0 unspecified atom stereocenters. The van der Waals surface area contributed by atoms with E-state index in [9.17, 15) is 19.7 Å². The van der Waals surface area contributed by atoms with Gasteiger partial charge in [-0.3, -0.25) is 10.1 Å². The molecule has 1 heterocycles. The van der Waals surface area contributed by atoms with Crippen LogP contribution in [-0.4, -0.2) is 33.3 Å². The number of aromatic nitrogens is 1. The fraction of sp³-hybridized carbons (Fsp3) is 0.381. The quantitative estimate of drug-likeness (QED) is 0.491. The highest BCUT2D eigenvalue weighted by molar-refractivity contribution is 6.11. The van der Waals surface area contributed by atoms with Crippen molar-refractivity contribution in [3.63, 3.8) is 0 Å². The monoisotopic (exact) mass is 415 g/mol. The zero-order valence-electron chi connectivity index (χ0n) is 17.8. The van der Waals surface area contributed by atoms with Crippen LogP contribution in [0.1, 0.15) is 41.5 Å². The topological polar surface area (TPSA) is 112 Å². The van der Waals surface area contributed by atoms with Gasteiger partial charge in [0.05, 0.1) is 4.92 Å². The van der Waals surface area contributed by atoms with Crippen molar-refractivity contribution in [1.82, 2.24) is 4.98 Å². The van der Waals surface area contributed by atoms with E-state index in [0.717, 1.165) is 4.90 Å². The third-order valence-electron chi connectivity index (χ3n) is 3.54. The molecule has 2 aromatic rings. The number of imide groups is 1. The number of carbonyl (C=O) groups excluding carboxylic acids is 2. The van der Waals surface area contributed by atoms with E-state index in [0.29, 0.717) is 11.1 Å². The van der Waals surface area contributed by atoms with E-state index in [4.69, 9.17) is 9.47 Å². The van der Waals surface area contributed by atoms with Gasteiger partial charge in [0.15, 0.2) is 5.82 Å². The van der Waals surface area contributed by atoms with Gasteiger partial charge >= 0.3 is 12.2 Å². The first kappa shape index (κ1) is 22.8. The number of non-ortho nitro benzene ring substituents is 1. The van der Waals surface area contributed by atoms with Gasteiger partial charge in [-0.1, -0.05) is 0 Å². The van der Waals surface area contributed by atoms with Crippen molar-refractivity contribution in [3.8, 4) is 11.1 Å². The highest BCUT2D eigenvalue weighted by atomic mass is 16.6. The molecule has 160 valence electrons. The lowest BCUT2D eigenvalue weighted by atomic mass is 10.1. The molecule has 0 saturated heterocycles. The predicted octanol–water partition coefficient (Wildman–Crippen LogP) is 5.33. The largest absolute Gasteiger partial charge is 0.443 e. The molecule has 2 amide bonds. The number of ether oxygens (including phenoxy) is 2. The molecule has 0 spiro atoms. The van der Waals surface area contributed by atoms with Crippen LogP contribution in [0.25, 0.3) is 11.1 Å². The number of carbonyl (C=O) groups is 2. The molecule has 0 bridgehead atoms. The summed E-state index contributed by atoms with van der Waals surface area (Å²) in [5, 5.41) is 10.9. The number of hydrogen-bond acceptors (Lipinski definition) is 7. The summed E-state index contributed by atoms with van der Waals surface area (Å²) in [4.78, 5) is 41.1. The van der Waals surface area contributed by atoms with Crippen molar-refractivity contribution in [2.24, 2.45) is 0 Å². The van der Waals surface area contributed by atoms with Crippen molar-refractivity contribution in [3.05, 3.63) is 52.7 Å². The van der Waals surface area contributed by atoms with Crippen LogP contribution in [0, 0.1) is 10.1 Å². The van der Waals surface area contributed by atoms with E-state index < -0.39 is 28.3 Å². The SMILES string of the molecule is CC(C)(C)OC(=O)N(C(=O)OC(C)(C)C)c1ncccc1-c1ccc([N+](=O)[O-])cc1. The van der Waals surface area contributed by atoms with Crippen LogP contribution in [-0.2, 0) is 9.47 Å². The lowest BCUT2D eigenvalue weighted by Gasteiger charge is -2.28. The Morgan fingerprint density at radius 1 is 0.933 bits per heavy atom. The summed E-state index contributed by atoms with van der Waals surface area (Å²) in [7, 11) is 0. The molecule has 9 nitrogen and oxygen atoms in total. The van der Waals surface area contributed by atoms with E-state index in [-0.39, 0.29) is 11.5 Å². The number of nitrogens with zero attached hydrogens (tertiary/aromatic N) is 3. The maximum Gasteiger partial charge on any atom is 0.425 e. The third-order valence-corrected chi connectivity index (χ3v) is 3.54. The van der Waals surface area contributed by atoms with Crippen LogP contribution in [0.15, 0.2) is 42.6 Å². The first-order chi connectivity index (χ1) is 13.8. The van der Waals surface area contributed by atoms with E-state index in [1.54, 1.807) is 53.7 Å². The van der Waals surface area contributed by atoms with Crippen LogP contribution >= 0.6 is 0 Å². The standard InChI is InChI=1S/C21H25N3O6/c1-20(2,3)29-18(25)23(19(26)30-21(4,5)6)17-16(8-7-13-22-17)14-9-11-15(12-10-14)24(27)28/h7-13H,1-6H3. The van der Waals surface area contributed by atoms with Crippen LogP contribution in [0.2, 0.25) is 0 Å². The molecule has 9 heteroatoms. The smallest absolute Gasteiger partial charge is 0.425 e. The second-order valence-electron chi connectivity index (χ2n) is 8.47. The van der Waals surface area contributed by atoms with Gasteiger partial charge in [-0.05, 0) is 71.4 Å². The average Bonchev–Trinajstić information content (AvgIpc) is 2.59. The Morgan fingerprint density at radius 3 is 1.87 bits per heavy atom. The summed E-state index contributed by atoms with van der Waals surface area (Å²) in [5.41, 5.74) is -0.871. The van der Waals surface area contributed by atoms with Crippen LogP contribution in [0.4, 0.5) is 21.1 Å². The number of pyridine rings is 1. The minimum absolute atomic E-state index is 0.00477. The number of nitro benzene ring substituents is 1. The van der Waals surface area contributed by atoms with Gasteiger partial charge in [0.1, 0.15) is 11.2 Å². The van der Waals surface area contributed by atoms with Crippen LogP contribution < -0.4 is 4.90 Å². The zero-order valence-corrected chi connectivity index (χ0v) is 17.8. The second kappa shape index (κ2) is 8.48. The first-order valence-corrected chi connectivity index (χ1v) is 9.24. The number of rotatable bonds is 3. The fourth-order valence-electron chi connectivity index (χ4n) is 2.43. The van der Waals surface area contributed by atoms with E-state index in [1.807, 2.05) is 0 Å². The zero-order chi connectivity index (χ0) is 22.7. The van der Waals surface area contributed by atoms with Gasteiger partial charge in [0.25, 0.3) is 5.69 Å². The molecule has 2 rings (SSSR count). The predicted molar refractivity (Wildman–Crippen MR) is 111 cm³/mol.